The molecule has 1 aromatic heterocycles. The van der Waals surface area contributed by atoms with Crippen LogP contribution < -0.4 is 5.32 Å². The minimum atomic E-state index is -0.409. The normalized spacial score (nSPS) is 16.8. The average Bonchev–Trinajstić information content (AvgIpc) is 3.19. The highest BCUT2D eigenvalue weighted by Gasteiger charge is 2.28. The average molecular weight is 384 g/mol. The van der Waals surface area contributed by atoms with Crippen LogP contribution in [0, 0.1) is 11.6 Å². The fourth-order valence-electron chi connectivity index (χ4n) is 3.25. The van der Waals surface area contributed by atoms with Crippen molar-refractivity contribution in [1.29, 1.82) is 0 Å². The molecule has 2 amide bonds. The standard InChI is InChI=1S/C20H18F2N4O2/c21-15-8-6-13(7-9-15)18-24-19(28-25-18)14-3-2-10-26(12-14)20(27)23-17-5-1-4-16(22)11-17/h1,4-9,11,14H,2-3,10,12H2,(H,23,27)/t14-/m0/s1. The van der Waals surface area contributed by atoms with E-state index in [1.165, 1.54) is 24.3 Å². The van der Waals surface area contributed by atoms with Crippen molar-refractivity contribution in [1.82, 2.24) is 15.0 Å². The summed E-state index contributed by atoms with van der Waals surface area (Å²) in [6, 6.07) is 11.3. The summed E-state index contributed by atoms with van der Waals surface area (Å²) in [6.07, 6.45) is 1.60. The summed E-state index contributed by atoms with van der Waals surface area (Å²) in [6.45, 7) is 1.02. The van der Waals surface area contributed by atoms with E-state index in [1.54, 1.807) is 29.2 Å². The molecule has 2 aromatic carbocycles. The van der Waals surface area contributed by atoms with Gasteiger partial charge in [0.2, 0.25) is 11.7 Å². The summed E-state index contributed by atoms with van der Waals surface area (Å²) in [4.78, 5) is 18.6. The topological polar surface area (TPSA) is 71.3 Å². The Bertz CT molecular complexity index is 974. The molecule has 1 aliphatic rings. The molecule has 1 saturated heterocycles. The van der Waals surface area contributed by atoms with E-state index in [-0.39, 0.29) is 17.8 Å². The number of urea groups is 1. The van der Waals surface area contributed by atoms with Crippen molar-refractivity contribution in [2.45, 2.75) is 18.8 Å². The van der Waals surface area contributed by atoms with Gasteiger partial charge in [-0.05, 0) is 55.3 Å². The lowest BCUT2D eigenvalue weighted by Gasteiger charge is -2.31. The molecule has 6 nitrogen and oxygen atoms in total. The molecule has 0 unspecified atom stereocenters. The van der Waals surface area contributed by atoms with Crippen LogP contribution in [0.3, 0.4) is 0 Å². The van der Waals surface area contributed by atoms with Crippen LogP contribution in [-0.4, -0.2) is 34.2 Å². The highest BCUT2D eigenvalue weighted by molar-refractivity contribution is 5.89. The Hall–Kier alpha value is -3.29. The van der Waals surface area contributed by atoms with E-state index < -0.39 is 5.82 Å². The van der Waals surface area contributed by atoms with Crippen molar-refractivity contribution < 1.29 is 18.1 Å². The number of nitrogens with one attached hydrogen (secondary N) is 1. The van der Waals surface area contributed by atoms with E-state index in [4.69, 9.17) is 4.52 Å². The fourth-order valence-corrected chi connectivity index (χ4v) is 3.25. The van der Waals surface area contributed by atoms with Crippen molar-refractivity contribution >= 4 is 11.7 Å². The number of piperidine rings is 1. The lowest BCUT2D eigenvalue weighted by Crippen LogP contribution is -2.41. The smallest absolute Gasteiger partial charge is 0.321 e. The first-order valence-corrected chi connectivity index (χ1v) is 8.99. The zero-order chi connectivity index (χ0) is 19.5. The van der Waals surface area contributed by atoms with Gasteiger partial charge in [-0.1, -0.05) is 11.2 Å². The second-order valence-corrected chi connectivity index (χ2v) is 6.69. The number of nitrogens with zero attached hydrogens (tertiary/aromatic N) is 3. The highest BCUT2D eigenvalue weighted by Crippen LogP contribution is 2.28. The summed E-state index contributed by atoms with van der Waals surface area (Å²) < 4.78 is 31.7. The first kappa shape index (κ1) is 18.1. The molecule has 1 N–H and O–H groups in total. The van der Waals surface area contributed by atoms with Crippen LogP contribution >= 0.6 is 0 Å². The predicted octanol–water partition coefficient (Wildman–Crippen LogP) is 4.43. The van der Waals surface area contributed by atoms with Crippen LogP contribution in [0.15, 0.2) is 53.1 Å². The number of anilines is 1. The molecular formula is C20H18F2N4O2. The minimum absolute atomic E-state index is 0.0892. The van der Waals surface area contributed by atoms with Gasteiger partial charge in [0.05, 0.1) is 5.92 Å². The molecule has 0 spiro atoms. The molecule has 28 heavy (non-hydrogen) atoms. The third kappa shape index (κ3) is 4.00. The minimum Gasteiger partial charge on any atom is -0.339 e. The first-order valence-electron chi connectivity index (χ1n) is 8.99. The number of likely N-dealkylation sites (tertiary alicyclic amines) is 1. The Morgan fingerprint density at radius 3 is 2.75 bits per heavy atom. The number of amides is 2. The quantitative estimate of drug-likeness (QED) is 0.725. The molecule has 1 fully saturated rings. The maximum atomic E-state index is 13.3. The lowest BCUT2D eigenvalue weighted by atomic mass is 9.98. The number of carbonyl (C=O) groups is 1. The maximum absolute atomic E-state index is 13.3. The molecule has 0 bridgehead atoms. The second-order valence-electron chi connectivity index (χ2n) is 6.69. The zero-order valence-electron chi connectivity index (χ0n) is 14.9. The van der Waals surface area contributed by atoms with Crippen LogP contribution in [0.25, 0.3) is 11.4 Å². The molecule has 1 atom stereocenters. The van der Waals surface area contributed by atoms with E-state index in [9.17, 15) is 13.6 Å². The summed E-state index contributed by atoms with van der Waals surface area (Å²) in [5.41, 5.74) is 1.07. The first-order chi connectivity index (χ1) is 13.6. The van der Waals surface area contributed by atoms with Gasteiger partial charge in [-0.2, -0.15) is 4.98 Å². The number of rotatable bonds is 3. The number of carbonyl (C=O) groups excluding carboxylic acids is 1. The Labute approximate surface area is 160 Å². The van der Waals surface area contributed by atoms with Gasteiger partial charge in [-0.3, -0.25) is 0 Å². The summed E-state index contributed by atoms with van der Waals surface area (Å²) in [7, 11) is 0. The van der Waals surface area contributed by atoms with Gasteiger partial charge in [-0.15, -0.1) is 0 Å². The number of hydrogen-bond donors (Lipinski definition) is 1. The highest BCUT2D eigenvalue weighted by atomic mass is 19.1. The monoisotopic (exact) mass is 384 g/mol. The van der Waals surface area contributed by atoms with Crippen molar-refractivity contribution in [2.75, 3.05) is 18.4 Å². The fraction of sp³-hybridized carbons (Fsp3) is 0.250. The lowest BCUT2D eigenvalue weighted by molar-refractivity contribution is 0.184. The Balaban J connectivity index is 1.43. The molecule has 0 saturated carbocycles. The van der Waals surface area contributed by atoms with E-state index in [1.807, 2.05) is 0 Å². The zero-order valence-corrected chi connectivity index (χ0v) is 14.9. The molecule has 4 rings (SSSR count). The van der Waals surface area contributed by atoms with Crippen molar-refractivity contribution in [3.8, 4) is 11.4 Å². The molecule has 144 valence electrons. The maximum Gasteiger partial charge on any atom is 0.321 e. The summed E-state index contributed by atoms with van der Waals surface area (Å²) >= 11 is 0. The van der Waals surface area contributed by atoms with Gasteiger partial charge < -0.3 is 14.7 Å². The van der Waals surface area contributed by atoms with Gasteiger partial charge in [0, 0.05) is 24.3 Å². The van der Waals surface area contributed by atoms with E-state index >= 15 is 0 Å². The van der Waals surface area contributed by atoms with Crippen LogP contribution in [0.1, 0.15) is 24.7 Å². The Kier molecular flexibility index (Phi) is 5.01. The molecule has 3 aromatic rings. The Morgan fingerprint density at radius 1 is 1.14 bits per heavy atom. The van der Waals surface area contributed by atoms with Crippen molar-refractivity contribution in [3.05, 3.63) is 66.1 Å². The number of halogens is 2. The SMILES string of the molecule is O=C(Nc1cccc(F)c1)N1CCC[C@H](c2nc(-c3ccc(F)cc3)no2)C1. The Morgan fingerprint density at radius 2 is 1.96 bits per heavy atom. The third-order valence-electron chi connectivity index (χ3n) is 4.68. The number of benzene rings is 2. The van der Waals surface area contributed by atoms with Gasteiger partial charge >= 0.3 is 6.03 Å². The third-order valence-corrected chi connectivity index (χ3v) is 4.68. The van der Waals surface area contributed by atoms with Crippen LogP contribution in [-0.2, 0) is 0 Å². The predicted molar refractivity (Wildman–Crippen MR) is 98.7 cm³/mol. The number of aromatic nitrogens is 2. The van der Waals surface area contributed by atoms with Gasteiger partial charge in [-0.25, -0.2) is 13.6 Å². The van der Waals surface area contributed by atoms with Crippen molar-refractivity contribution in [2.24, 2.45) is 0 Å². The molecule has 0 aliphatic carbocycles. The van der Waals surface area contributed by atoms with E-state index in [0.717, 1.165) is 12.8 Å². The van der Waals surface area contributed by atoms with Crippen LogP contribution in [0.2, 0.25) is 0 Å². The molecular weight excluding hydrogens is 366 g/mol. The van der Waals surface area contributed by atoms with Crippen LogP contribution in [0.4, 0.5) is 19.3 Å². The number of hydrogen-bond acceptors (Lipinski definition) is 4. The van der Waals surface area contributed by atoms with Gasteiger partial charge in [0.1, 0.15) is 11.6 Å². The van der Waals surface area contributed by atoms with Crippen molar-refractivity contribution in [3.63, 3.8) is 0 Å². The summed E-state index contributed by atoms with van der Waals surface area (Å²) in [5.74, 6) is 0.000766. The second kappa shape index (κ2) is 7.75. The molecule has 1 aliphatic heterocycles. The van der Waals surface area contributed by atoms with Gasteiger partial charge in [0.25, 0.3) is 0 Å². The largest absolute Gasteiger partial charge is 0.339 e. The van der Waals surface area contributed by atoms with E-state index in [2.05, 4.69) is 15.5 Å². The van der Waals surface area contributed by atoms with Gasteiger partial charge in [0.15, 0.2) is 0 Å². The van der Waals surface area contributed by atoms with Crippen LogP contribution in [0.5, 0.6) is 0 Å². The molecule has 8 heteroatoms. The summed E-state index contributed by atoms with van der Waals surface area (Å²) in [5, 5.41) is 6.67. The molecule has 0 radical (unpaired) electrons. The van der Waals surface area contributed by atoms with E-state index in [0.29, 0.717) is 36.1 Å². The molecule has 2 heterocycles.